The highest BCUT2D eigenvalue weighted by Crippen LogP contribution is 2.26. The van der Waals surface area contributed by atoms with Gasteiger partial charge in [0.25, 0.3) is 0 Å². The second kappa shape index (κ2) is 3.12. The largest absolute Gasteiger partial charge is 0.447 e. The Morgan fingerprint density at radius 2 is 2.47 bits per heavy atom. The highest BCUT2D eigenvalue weighted by atomic mass is 16.3. The number of fused-ring (bicyclic) bond motifs is 3. The Bertz CT molecular complexity index is 519. The van der Waals surface area contributed by atoms with Gasteiger partial charge in [-0.1, -0.05) is 6.92 Å². The standard InChI is InChI=1S/C12H12N2O/c1-2-9-8-15-12-11(9)7-13-6-10-4-3-5-14(10)12/h3-6,8H,2,7H2,1H3. The molecule has 0 amide bonds. The molecule has 76 valence electrons. The third kappa shape index (κ3) is 1.16. The predicted molar refractivity (Wildman–Crippen MR) is 58.7 cm³/mol. The van der Waals surface area contributed by atoms with Crippen LogP contribution in [0, 0.1) is 0 Å². The van der Waals surface area contributed by atoms with Crippen molar-refractivity contribution in [3.8, 4) is 5.88 Å². The molecule has 3 nitrogen and oxygen atoms in total. The molecular formula is C12H12N2O. The maximum Gasteiger partial charge on any atom is 0.209 e. The zero-order valence-corrected chi connectivity index (χ0v) is 8.60. The molecule has 15 heavy (non-hydrogen) atoms. The highest BCUT2D eigenvalue weighted by molar-refractivity contribution is 5.79. The van der Waals surface area contributed by atoms with Gasteiger partial charge in [0, 0.05) is 18.0 Å². The van der Waals surface area contributed by atoms with Crippen LogP contribution in [0.15, 0.2) is 34.0 Å². The topological polar surface area (TPSA) is 30.4 Å². The van der Waals surface area contributed by atoms with E-state index < -0.39 is 0 Å². The van der Waals surface area contributed by atoms with Crippen molar-refractivity contribution in [1.29, 1.82) is 0 Å². The minimum absolute atomic E-state index is 0.719. The molecule has 0 aromatic carbocycles. The van der Waals surface area contributed by atoms with Gasteiger partial charge in [0.15, 0.2) is 0 Å². The Morgan fingerprint density at radius 1 is 1.53 bits per heavy atom. The number of aromatic nitrogens is 1. The minimum Gasteiger partial charge on any atom is -0.447 e. The van der Waals surface area contributed by atoms with E-state index in [1.807, 2.05) is 35.4 Å². The molecule has 1 aliphatic rings. The Hall–Kier alpha value is -1.77. The van der Waals surface area contributed by atoms with E-state index >= 15 is 0 Å². The third-order valence-electron chi connectivity index (χ3n) is 2.81. The lowest BCUT2D eigenvalue weighted by molar-refractivity contribution is 0.534. The van der Waals surface area contributed by atoms with Crippen molar-refractivity contribution in [3.63, 3.8) is 0 Å². The molecule has 2 aromatic heterocycles. The average Bonchev–Trinajstić information content (AvgIpc) is 2.82. The van der Waals surface area contributed by atoms with Gasteiger partial charge in [0.1, 0.15) is 0 Å². The summed E-state index contributed by atoms with van der Waals surface area (Å²) in [6.45, 7) is 2.85. The van der Waals surface area contributed by atoms with Crippen molar-refractivity contribution >= 4 is 6.21 Å². The van der Waals surface area contributed by atoms with Crippen LogP contribution in [0.4, 0.5) is 0 Å². The number of rotatable bonds is 1. The van der Waals surface area contributed by atoms with Crippen LogP contribution in [0.5, 0.6) is 0 Å². The summed E-state index contributed by atoms with van der Waals surface area (Å²) in [6.07, 6.45) is 6.74. The molecule has 0 fully saturated rings. The monoisotopic (exact) mass is 200 g/mol. The van der Waals surface area contributed by atoms with Crippen molar-refractivity contribution in [3.05, 3.63) is 41.4 Å². The smallest absolute Gasteiger partial charge is 0.209 e. The fourth-order valence-corrected chi connectivity index (χ4v) is 1.99. The summed E-state index contributed by atoms with van der Waals surface area (Å²) >= 11 is 0. The average molecular weight is 200 g/mol. The summed E-state index contributed by atoms with van der Waals surface area (Å²) in [7, 11) is 0. The molecule has 0 N–H and O–H groups in total. The first-order valence-electron chi connectivity index (χ1n) is 5.17. The van der Waals surface area contributed by atoms with E-state index in [0.717, 1.165) is 24.5 Å². The van der Waals surface area contributed by atoms with Gasteiger partial charge in [-0.2, -0.15) is 0 Å². The molecule has 0 spiro atoms. The second-order valence-electron chi connectivity index (χ2n) is 3.67. The maximum absolute atomic E-state index is 5.63. The zero-order valence-electron chi connectivity index (χ0n) is 8.60. The van der Waals surface area contributed by atoms with Crippen molar-refractivity contribution in [2.45, 2.75) is 19.9 Å². The lowest BCUT2D eigenvalue weighted by Crippen LogP contribution is -1.96. The molecule has 3 heterocycles. The number of hydrogen-bond acceptors (Lipinski definition) is 2. The van der Waals surface area contributed by atoms with E-state index in [4.69, 9.17) is 4.42 Å². The second-order valence-corrected chi connectivity index (χ2v) is 3.67. The molecule has 0 radical (unpaired) electrons. The first-order chi connectivity index (χ1) is 7.40. The lowest BCUT2D eigenvalue weighted by Gasteiger charge is -2.01. The van der Waals surface area contributed by atoms with Gasteiger partial charge in [0.2, 0.25) is 5.88 Å². The Kier molecular flexibility index (Phi) is 1.78. The summed E-state index contributed by atoms with van der Waals surface area (Å²) in [6, 6.07) is 4.04. The highest BCUT2D eigenvalue weighted by Gasteiger charge is 2.17. The van der Waals surface area contributed by atoms with Crippen LogP contribution in [0.2, 0.25) is 0 Å². The maximum atomic E-state index is 5.63. The Balaban J connectivity index is 2.26. The molecular weight excluding hydrogens is 188 g/mol. The van der Waals surface area contributed by atoms with Gasteiger partial charge >= 0.3 is 0 Å². The van der Waals surface area contributed by atoms with Crippen LogP contribution in [-0.2, 0) is 13.0 Å². The van der Waals surface area contributed by atoms with E-state index in [1.54, 1.807) is 0 Å². The fraction of sp³-hybridized carbons (Fsp3) is 0.250. The van der Waals surface area contributed by atoms with Crippen LogP contribution < -0.4 is 0 Å². The zero-order chi connectivity index (χ0) is 10.3. The molecule has 3 heteroatoms. The number of furan rings is 1. The molecule has 3 rings (SSSR count). The molecule has 0 atom stereocenters. The molecule has 0 bridgehead atoms. The van der Waals surface area contributed by atoms with Crippen molar-refractivity contribution in [2.75, 3.05) is 0 Å². The van der Waals surface area contributed by atoms with Crippen molar-refractivity contribution in [2.24, 2.45) is 4.99 Å². The summed E-state index contributed by atoms with van der Waals surface area (Å²) in [4.78, 5) is 4.40. The molecule has 0 saturated heterocycles. The predicted octanol–water partition coefficient (Wildman–Crippen LogP) is 2.57. The van der Waals surface area contributed by atoms with E-state index in [2.05, 4.69) is 11.9 Å². The Morgan fingerprint density at radius 3 is 3.33 bits per heavy atom. The lowest BCUT2D eigenvalue weighted by atomic mass is 10.1. The molecule has 0 saturated carbocycles. The summed E-state index contributed by atoms with van der Waals surface area (Å²) in [5.41, 5.74) is 3.54. The fourth-order valence-electron chi connectivity index (χ4n) is 1.99. The molecule has 2 aromatic rings. The first kappa shape index (κ1) is 8.53. The van der Waals surface area contributed by atoms with Crippen molar-refractivity contribution < 1.29 is 4.42 Å². The van der Waals surface area contributed by atoms with E-state index in [1.165, 1.54) is 11.1 Å². The first-order valence-corrected chi connectivity index (χ1v) is 5.17. The van der Waals surface area contributed by atoms with Crippen LogP contribution in [-0.4, -0.2) is 10.8 Å². The van der Waals surface area contributed by atoms with E-state index in [-0.39, 0.29) is 0 Å². The van der Waals surface area contributed by atoms with Crippen LogP contribution in [0.3, 0.4) is 0 Å². The number of aliphatic imine (C=N–C) groups is 1. The SMILES string of the molecule is CCc1coc2c1CN=Cc1cccn1-2. The van der Waals surface area contributed by atoms with Crippen molar-refractivity contribution in [1.82, 2.24) is 4.57 Å². The van der Waals surface area contributed by atoms with Crippen LogP contribution >= 0.6 is 0 Å². The van der Waals surface area contributed by atoms with Crippen LogP contribution in [0.25, 0.3) is 5.88 Å². The van der Waals surface area contributed by atoms with Gasteiger partial charge in [-0.25, -0.2) is 0 Å². The van der Waals surface area contributed by atoms with Gasteiger partial charge in [-0.15, -0.1) is 0 Å². The minimum atomic E-state index is 0.719. The van der Waals surface area contributed by atoms with E-state index in [0.29, 0.717) is 0 Å². The number of hydrogen-bond donors (Lipinski definition) is 0. The number of nitrogens with zero attached hydrogens (tertiary/aromatic N) is 2. The van der Waals surface area contributed by atoms with Crippen LogP contribution in [0.1, 0.15) is 23.7 Å². The van der Waals surface area contributed by atoms with Gasteiger partial charge in [-0.05, 0) is 24.1 Å². The Labute approximate surface area is 88.1 Å². The molecule has 1 aliphatic heterocycles. The summed E-state index contributed by atoms with van der Waals surface area (Å²) < 4.78 is 7.67. The molecule has 0 unspecified atom stereocenters. The van der Waals surface area contributed by atoms with Gasteiger partial charge < -0.3 is 4.42 Å². The van der Waals surface area contributed by atoms with Gasteiger partial charge in [-0.3, -0.25) is 9.56 Å². The van der Waals surface area contributed by atoms with E-state index in [9.17, 15) is 0 Å². The molecule has 0 aliphatic carbocycles. The summed E-state index contributed by atoms with van der Waals surface area (Å²) in [5, 5.41) is 0. The normalized spacial score (nSPS) is 13.4. The summed E-state index contributed by atoms with van der Waals surface area (Å²) in [5.74, 6) is 0.921. The quantitative estimate of drug-likeness (QED) is 0.695. The van der Waals surface area contributed by atoms with Gasteiger partial charge in [0.05, 0.1) is 18.5 Å². The number of aryl methyl sites for hydroxylation is 1. The third-order valence-corrected chi connectivity index (χ3v) is 2.81.